The number of nitrogens with zero attached hydrogens (tertiary/aromatic N) is 4. The van der Waals surface area contributed by atoms with Gasteiger partial charge < -0.3 is 25.0 Å². The molecular formula is C27H29ClN6O5S. The van der Waals surface area contributed by atoms with Crippen LogP contribution < -0.4 is 24.4 Å². The summed E-state index contributed by atoms with van der Waals surface area (Å²) in [5.74, 6) is 0.527. The van der Waals surface area contributed by atoms with E-state index in [1.54, 1.807) is 42.5 Å². The molecule has 0 bridgehead atoms. The quantitative estimate of drug-likeness (QED) is 0.224. The summed E-state index contributed by atoms with van der Waals surface area (Å²) in [4.78, 5) is 24.2. The van der Waals surface area contributed by atoms with Gasteiger partial charge in [0.1, 0.15) is 11.5 Å². The van der Waals surface area contributed by atoms with Crippen molar-refractivity contribution in [2.24, 2.45) is 0 Å². The summed E-state index contributed by atoms with van der Waals surface area (Å²) in [6.07, 6.45) is 0. The van der Waals surface area contributed by atoms with Gasteiger partial charge in [0.15, 0.2) is 11.6 Å². The molecule has 0 fully saturated rings. The van der Waals surface area contributed by atoms with Crippen LogP contribution in [0.1, 0.15) is 10.4 Å². The Bertz CT molecular complexity index is 1610. The predicted molar refractivity (Wildman–Crippen MR) is 157 cm³/mol. The molecule has 0 saturated heterocycles. The fourth-order valence-corrected chi connectivity index (χ4v) is 4.64. The van der Waals surface area contributed by atoms with Crippen LogP contribution in [0.5, 0.6) is 11.5 Å². The Kier molecular flexibility index (Phi) is 9.25. The van der Waals surface area contributed by atoms with Crippen LogP contribution in [0.15, 0.2) is 60.7 Å². The second kappa shape index (κ2) is 12.8. The molecule has 0 unspecified atom stereocenters. The van der Waals surface area contributed by atoms with Gasteiger partial charge in [0.05, 0.1) is 47.2 Å². The highest BCUT2D eigenvalue weighted by Crippen LogP contribution is 2.37. The fraction of sp³-hybridized carbons (Fsp3) is 0.222. The number of amides is 1. The summed E-state index contributed by atoms with van der Waals surface area (Å²) in [7, 11) is 3.46. The molecule has 3 aromatic carbocycles. The maximum Gasteiger partial charge on any atom is 0.255 e. The van der Waals surface area contributed by atoms with Crippen LogP contribution in [0.2, 0.25) is 5.02 Å². The van der Waals surface area contributed by atoms with Gasteiger partial charge >= 0.3 is 0 Å². The zero-order chi connectivity index (χ0) is 28.8. The van der Waals surface area contributed by atoms with Gasteiger partial charge in [-0.15, -0.1) is 0 Å². The number of anilines is 4. The number of hydrogen-bond donors (Lipinski definition) is 3. The van der Waals surface area contributed by atoms with Gasteiger partial charge in [-0.2, -0.15) is 0 Å². The Labute approximate surface area is 238 Å². The van der Waals surface area contributed by atoms with E-state index in [-0.39, 0.29) is 22.9 Å². The monoisotopic (exact) mass is 584 g/mol. The lowest BCUT2D eigenvalue weighted by atomic mass is 10.1. The summed E-state index contributed by atoms with van der Waals surface area (Å²) in [6, 6.07) is 16.6. The number of thiol groups is 1. The Hall–Kier alpha value is -4.13. The third-order valence-corrected chi connectivity index (χ3v) is 6.94. The number of rotatable bonds is 11. The van der Waals surface area contributed by atoms with Crippen molar-refractivity contribution in [3.05, 3.63) is 71.2 Å². The molecule has 0 spiro atoms. The number of methoxy groups -OCH3 is 2. The Balaban J connectivity index is 1.84. The molecule has 210 valence electrons. The highest BCUT2D eigenvalue weighted by atomic mass is 35.5. The number of halogens is 1. The van der Waals surface area contributed by atoms with Crippen LogP contribution in [-0.4, -0.2) is 70.6 Å². The van der Waals surface area contributed by atoms with Crippen LogP contribution in [-0.2, 0) is 10.9 Å². The number of ether oxygens (including phenoxy) is 2. The minimum absolute atomic E-state index is 0.0159. The van der Waals surface area contributed by atoms with E-state index in [0.29, 0.717) is 46.3 Å². The fourth-order valence-electron chi connectivity index (χ4n) is 3.86. The first kappa shape index (κ1) is 28.9. The second-order valence-electron chi connectivity index (χ2n) is 8.85. The first-order valence-corrected chi connectivity index (χ1v) is 13.7. The SMILES string of the molecule is COc1ccc(Cl)c(Nc2nc3ccccc3nc2N(c2ccc(OC)c(C(=O)NCCN(C)C)c2)[SH](=O)=O)c1. The molecule has 1 aromatic heterocycles. The summed E-state index contributed by atoms with van der Waals surface area (Å²) < 4.78 is 37.2. The summed E-state index contributed by atoms with van der Waals surface area (Å²) >= 11 is 6.42. The van der Waals surface area contributed by atoms with E-state index in [2.05, 4.69) is 20.6 Å². The Morgan fingerprint density at radius 3 is 2.35 bits per heavy atom. The molecule has 0 saturated carbocycles. The number of para-hydroxylation sites is 2. The molecule has 4 aromatic rings. The highest BCUT2D eigenvalue weighted by Gasteiger charge is 2.24. The number of carbonyl (C=O) groups excluding carboxylic acids is 1. The van der Waals surface area contributed by atoms with E-state index in [4.69, 9.17) is 21.1 Å². The van der Waals surface area contributed by atoms with Crippen LogP contribution in [0.3, 0.4) is 0 Å². The van der Waals surface area contributed by atoms with Crippen molar-refractivity contribution in [2.45, 2.75) is 0 Å². The Morgan fingerprint density at radius 1 is 0.975 bits per heavy atom. The highest BCUT2D eigenvalue weighted by molar-refractivity contribution is 7.74. The number of carbonyl (C=O) groups is 1. The summed E-state index contributed by atoms with van der Waals surface area (Å²) in [5, 5.41) is 6.30. The number of nitrogens with one attached hydrogen (secondary N) is 2. The smallest absolute Gasteiger partial charge is 0.255 e. The molecule has 0 aliphatic carbocycles. The average Bonchev–Trinajstić information content (AvgIpc) is 2.94. The molecular weight excluding hydrogens is 556 g/mol. The normalized spacial score (nSPS) is 11.1. The zero-order valence-corrected chi connectivity index (χ0v) is 24.0. The van der Waals surface area contributed by atoms with Crippen LogP contribution in [0, 0.1) is 0 Å². The molecule has 0 aliphatic heterocycles. The number of aromatic nitrogens is 2. The molecule has 1 heterocycles. The molecule has 0 aliphatic rings. The van der Waals surface area contributed by atoms with Gasteiger partial charge in [0.25, 0.3) is 5.91 Å². The van der Waals surface area contributed by atoms with Crippen molar-refractivity contribution in [1.29, 1.82) is 0 Å². The predicted octanol–water partition coefficient (Wildman–Crippen LogP) is 4.00. The van der Waals surface area contributed by atoms with Gasteiger partial charge in [-0.05, 0) is 56.6 Å². The van der Waals surface area contributed by atoms with Crippen molar-refractivity contribution < 1.29 is 22.7 Å². The first-order chi connectivity index (χ1) is 19.2. The largest absolute Gasteiger partial charge is 0.497 e. The first-order valence-electron chi connectivity index (χ1n) is 12.1. The lowest BCUT2D eigenvalue weighted by Crippen LogP contribution is -2.31. The average molecular weight is 585 g/mol. The molecule has 11 nitrogen and oxygen atoms in total. The standard InChI is InChI=1S/C27H29ClN6O5S/c1-33(2)14-13-29-27(35)19-15-17(9-12-24(19)39-4)34(40(36)37)26-25(30-21-7-5-6-8-22(21)32-26)31-23-16-18(38-3)10-11-20(23)28/h5-12,15-16,40H,13-14H2,1-4H3,(H,29,35)(H,30,31). The van der Waals surface area contributed by atoms with Crippen LogP contribution in [0.4, 0.5) is 23.0 Å². The minimum atomic E-state index is -3.29. The van der Waals surface area contributed by atoms with E-state index in [1.165, 1.54) is 32.4 Å². The van der Waals surface area contributed by atoms with E-state index in [0.717, 1.165) is 4.31 Å². The van der Waals surface area contributed by atoms with Crippen molar-refractivity contribution in [2.75, 3.05) is 51.0 Å². The maximum atomic E-state index is 13.0. The number of fused-ring (bicyclic) bond motifs is 1. The van der Waals surface area contributed by atoms with Gasteiger partial charge in [-0.3, -0.25) is 4.79 Å². The third kappa shape index (κ3) is 6.53. The van der Waals surface area contributed by atoms with Crippen molar-refractivity contribution in [3.8, 4) is 11.5 Å². The van der Waals surface area contributed by atoms with E-state index < -0.39 is 16.8 Å². The second-order valence-corrected chi connectivity index (χ2v) is 10.1. The van der Waals surface area contributed by atoms with Gasteiger partial charge in [0, 0.05) is 19.2 Å². The molecule has 0 atom stereocenters. The summed E-state index contributed by atoms with van der Waals surface area (Å²) in [5.41, 5.74) is 1.77. The van der Waals surface area contributed by atoms with E-state index in [9.17, 15) is 13.2 Å². The zero-order valence-electron chi connectivity index (χ0n) is 22.3. The van der Waals surface area contributed by atoms with E-state index in [1.807, 2.05) is 19.0 Å². The third-order valence-electron chi connectivity index (χ3n) is 5.86. The lowest BCUT2D eigenvalue weighted by molar-refractivity contribution is 0.0948. The number of likely N-dealkylation sites (N-methyl/N-ethyl adjacent to an activating group) is 1. The van der Waals surface area contributed by atoms with E-state index >= 15 is 0 Å². The van der Waals surface area contributed by atoms with Crippen molar-refractivity contribution in [3.63, 3.8) is 0 Å². The minimum Gasteiger partial charge on any atom is -0.497 e. The lowest BCUT2D eigenvalue weighted by Gasteiger charge is -2.22. The maximum absolute atomic E-state index is 13.0. The molecule has 0 radical (unpaired) electrons. The molecule has 40 heavy (non-hydrogen) atoms. The summed E-state index contributed by atoms with van der Waals surface area (Å²) in [6.45, 7) is 1.02. The topological polar surface area (TPSA) is 126 Å². The van der Waals surface area contributed by atoms with Gasteiger partial charge in [0.2, 0.25) is 10.9 Å². The molecule has 13 heteroatoms. The Morgan fingerprint density at radius 2 is 1.70 bits per heavy atom. The van der Waals surface area contributed by atoms with Crippen molar-refractivity contribution in [1.82, 2.24) is 20.2 Å². The number of hydrogen-bond acceptors (Lipinski definition) is 9. The van der Waals surface area contributed by atoms with Gasteiger partial charge in [-0.25, -0.2) is 22.7 Å². The van der Waals surface area contributed by atoms with Crippen molar-refractivity contribution >= 4 is 62.4 Å². The van der Waals surface area contributed by atoms with Crippen LogP contribution >= 0.6 is 11.6 Å². The molecule has 1 amide bonds. The van der Waals surface area contributed by atoms with Crippen LogP contribution in [0.25, 0.3) is 11.0 Å². The number of benzene rings is 3. The molecule has 4 rings (SSSR count). The van der Waals surface area contributed by atoms with Gasteiger partial charge in [-0.1, -0.05) is 23.7 Å². The molecule has 2 N–H and O–H groups in total.